The Morgan fingerprint density at radius 2 is 1.89 bits per heavy atom. The molecule has 0 saturated heterocycles. The molecule has 2 aliphatic carbocycles. The van der Waals surface area contributed by atoms with Crippen LogP contribution in [0.3, 0.4) is 0 Å². The van der Waals surface area contributed by atoms with Crippen LogP contribution in [0.15, 0.2) is 35.1 Å². The van der Waals surface area contributed by atoms with Gasteiger partial charge < -0.3 is 14.8 Å². The van der Waals surface area contributed by atoms with Crippen molar-refractivity contribution in [3.05, 3.63) is 62.5 Å². The number of hydrogen-bond donors (Lipinski definition) is 2. The molecule has 4 nitrogen and oxygen atoms in total. The monoisotopic (exact) mass is 401 g/mol. The molecule has 1 aromatic carbocycles. The number of benzene rings is 1. The van der Waals surface area contributed by atoms with Gasteiger partial charge in [0.15, 0.2) is 0 Å². The lowest BCUT2D eigenvalue weighted by Gasteiger charge is -2.29. The number of halogens is 1. The standard InChI is InChI=1S/C23H28ClNO3/c1-28-22-11-6-16(13-20(22)24)19(12-14-2-7-17(26)8-3-14)21-10-9-18(15-4-5-15)23(27)25-21/h6,9-11,13-15,17,19,26H,2-5,7-8,12H2,1H3,(H,25,27). The van der Waals surface area contributed by atoms with E-state index in [0.717, 1.165) is 61.8 Å². The van der Waals surface area contributed by atoms with Crippen LogP contribution in [0.1, 0.15) is 73.6 Å². The highest BCUT2D eigenvalue weighted by Crippen LogP contribution is 2.40. The molecule has 0 amide bonds. The van der Waals surface area contributed by atoms with E-state index in [0.29, 0.717) is 22.6 Å². The number of ether oxygens (including phenoxy) is 1. The molecular weight excluding hydrogens is 374 g/mol. The van der Waals surface area contributed by atoms with Crippen molar-refractivity contribution in [2.45, 2.75) is 62.9 Å². The third kappa shape index (κ3) is 4.28. The summed E-state index contributed by atoms with van der Waals surface area (Å²) in [5.41, 5.74) is 2.99. The summed E-state index contributed by atoms with van der Waals surface area (Å²) in [7, 11) is 1.61. The Balaban J connectivity index is 1.65. The van der Waals surface area contributed by atoms with Crippen LogP contribution in [0.5, 0.6) is 5.75 Å². The Labute approximate surface area is 170 Å². The van der Waals surface area contributed by atoms with Crippen LogP contribution < -0.4 is 10.3 Å². The van der Waals surface area contributed by atoms with E-state index in [1.54, 1.807) is 7.11 Å². The fraction of sp³-hybridized carbons (Fsp3) is 0.522. The second kappa shape index (κ2) is 8.30. The SMILES string of the molecule is COc1ccc(C(CC2CCC(O)CC2)c2ccc(C3CC3)c(=O)[nH]2)cc1Cl. The average Bonchev–Trinajstić information content (AvgIpc) is 3.52. The van der Waals surface area contributed by atoms with E-state index in [1.165, 1.54) is 0 Å². The molecule has 0 aliphatic heterocycles. The minimum Gasteiger partial charge on any atom is -0.495 e. The summed E-state index contributed by atoms with van der Waals surface area (Å²) in [6.07, 6.45) is 6.76. The van der Waals surface area contributed by atoms with Crippen LogP contribution in [-0.4, -0.2) is 23.3 Å². The summed E-state index contributed by atoms with van der Waals surface area (Å²) >= 11 is 6.40. The average molecular weight is 402 g/mol. The van der Waals surface area contributed by atoms with Crippen LogP contribution >= 0.6 is 11.6 Å². The highest BCUT2D eigenvalue weighted by Gasteiger charge is 2.28. The molecule has 1 heterocycles. The van der Waals surface area contributed by atoms with Crippen molar-refractivity contribution >= 4 is 11.6 Å². The first-order valence-corrected chi connectivity index (χ1v) is 10.7. The van der Waals surface area contributed by atoms with Crippen molar-refractivity contribution in [3.8, 4) is 5.75 Å². The molecule has 150 valence electrons. The lowest BCUT2D eigenvalue weighted by molar-refractivity contribution is 0.105. The third-order valence-corrected chi connectivity index (χ3v) is 6.61. The fourth-order valence-electron chi connectivity index (χ4n) is 4.48. The van der Waals surface area contributed by atoms with Crippen molar-refractivity contribution in [3.63, 3.8) is 0 Å². The van der Waals surface area contributed by atoms with Crippen molar-refractivity contribution in [2.24, 2.45) is 5.92 Å². The van der Waals surface area contributed by atoms with Crippen LogP contribution in [0.4, 0.5) is 0 Å². The van der Waals surface area contributed by atoms with Gasteiger partial charge in [0.25, 0.3) is 5.56 Å². The maximum absolute atomic E-state index is 12.6. The Kier molecular flexibility index (Phi) is 5.79. The number of aliphatic hydroxyl groups excluding tert-OH is 1. The number of pyridine rings is 1. The van der Waals surface area contributed by atoms with Crippen LogP contribution in [0.25, 0.3) is 0 Å². The van der Waals surface area contributed by atoms with Gasteiger partial charge in [-0.15, -0.1) is 0 Å². The number of H-pyrrole nitrogens is 1. The predicted molar refractivity (Wildman–Crippen MR) is 111 cm³/mol. The van der Waals surface area contributed by atoms with Crippen molar-refractivity contribution < 1.29 is 9.84 Å². The number of aromatic amines is 1. The number of nitrogens with one attached hydrogen (secondary N) is 1. The van der Waals surface area contributed by atoms with Gasteiger partial charge in [0.1, 0.15) is 5.75 Å². The van der Waals surface area contributed by atoms with Gasteiger partial charge in [-0.3, -0.25) is 4.79 Å². The number of methoxy groups -OCH3 is 1. The first-order valence-electron chi connectivity index (χ1n) is 10.3. The van der Waals surface area contributed by atoms with Crippen LogP contribution in [0, 0.1) is 5.92 Å². The van der Waals surface area contributed by atoms with E-state index >= 15 is 0 Å². The molecule has 1 unspecified atom stereocenters. The van der Waals surface area contributed by atoms with Crippen molar-refractivity contribution in [1.82, 2.24) is 4.98 Å². The van der Waals surface area contributed by atoms with E-state index in [4.69, 9.17) is 16.3 Å². The van der Waals surface area contributed by atoms with Crippen molar-refractivity contribution in [2.75, 3.05) is 7.11 Å². The van der Waals surface area contributed by atoms with E-state index < -0.39 is 0 Å². The molecule has 1 aromatic heterocycles. The fourth-order valence-corrected chi connectivity index (χ4v) is 4.74. The molecule has 0 bridgehead atoms. The number of aliphatic hydroxyl groups is 1. The number of hydrogen-bond acceptors (Lipinski definition) is 3. The minimum absolute atomic E-state index is 0.0451. The lowest BCUT2D eigenvalue weighted by atomic mass is 9.78. The summed E-state index contributed by atoms with van der Waals surface area (Å²) in [5.74, 6) is 1.69. The second-order valence-corrected chi connectivity index (χ2v) is 8.74. The Morgan fingerprint density at radius 1 is 1.14 bits per heavy atom. The van der Waals surface area contributed by atoms with Gasteiger partial charge in [0.2, 0.25) is 0 Å². The highest BCUT2D eigenvalue weighted by molar-refractivity contribution is 6.32. The normalized spacial score (nSPS) is 23.4. The van der Waals surface area contributed by atoms with Crippen LogP contribution in [0.2, 0.25) is 5.02 Å². The van der Waals surface area contributed by atoms with Crippen LogP contribution in [-0.2, 0) is 0 Å². The van der Waals surface area contributed by atoms with Gasteiger partial charge in [-0.05, 0) is 80.5 Å². The molecule has 2 aromatic rings. The summed E-state index contributed by atoms with van der Waals surface area (Å²) in [4.78, 5) is 15.8. The Hall–Kier alpha value is -1.78. The second-order valence-electron chi connectivity index (χ2n) is 8.33. The topological polar surface area (TPSA) is 62.3 Å². The largest absolute Gasteiger partial charge is 0.495 e. The zero-order valence-electron chi connectivity index (χ0n) is 16.3. The first kappa shape index (κ1) is 19.5. The molecule has 1 atom stereocenters. The van der Waals surface area contributed by atoms with E-state index in [1.807, 2.05) is 24.3 Å². The van der Waals surface area contributed by atoms with Gasteiger partial charge >= 0.3 is 0 Å². The highest BCUT2D eigenvalue weighted by atomic mass is 35.5. The van der Waals surface area contributed by atoms with Gasteiger partial charge in [0.05, 0.1) is 18.2 Å². The molecule has 28 heavy (non-hydrogen) atoms. The van der Waals surface area contributed by atoms with E-state index in [2.05, 4.69) is 11.1 Å². The summed E-state index contributed by atoms with van der Waals surface area (Å²) in [6, 6.07) is 9.98. The van der Waals surface area contributed by atoms with Crippen molar-refractivity contribution in [1.29, 1.82) is 0 Å². The quantitative estimate of drug-likeness (QED) is 0.716. The molecule has 2 saturated carbocycles. The summed E-state index contributed by atoms with van der Waals surface area (Å²) in [5, 5.41) is 10.4. The maximum Gasteiger partial charge on any atom is 0.251 e. The molecule has 0 radical (unpaired) electrons. The maximum atomic E-state index is 12.6. The zero-order chi connectivity index (χ0) is 19.7. The zero-order valence-corrected chi connectivity index (χ0v) is 17.0. The molecule has 0 spiro atoms. The summed E-state index contributed by atoms with van der Waals surface area (Å²) in [6.45, 7) is 0. The van der Waals surface area contributed by atoms with Gasteiger partial charge in [-0.1, -0.05) is 23.7 Å². The van der Waals surface area contributed by atoms with E-state index in [-0.39, 0.29) is 17.6 Å². The predicted octanol–water partition coefficient (Wildman–Crippen LogP) is 4.99. The minimum atomic E-state index is -0.164. The lowest BCUT2D eigenvalue weighted by Crippen LogP contribution is -2.22. The Morgan fingerprint density at radius 3 is 2.50 bits per heavy atom. The van der Waals surface area contributed by atoms with Gasteiger partial charge in [-0.2, -0.15) is 0 Å². The van der Waals surface area contributed by atoms with Gasteiger partial charge in [-0.25, -0.2) is 0 Å². The molecular formula is C23H28ClNO3. The smallest absolute Gasteiger partial charge is 0.251 e. The molecule has 2 fully saturated rings. The number of aromatic nitrogens is 1. The molecule has 5 heteroatoms. The number of rotatable bonds is 6. The van der Waals surface area contributed by atoms with E-state index in [9.17, 15) is 9.90 Å². The molecule has 2 N–H and O–H groups in total. The third-order valence-electron chi connectivity index (χ3n) is 6.32. The van der Waals surface area contributed by atoms with Gasteiger partial charge in [0, 0.05) is 17.2 Å². The Bertz CT molecular complexity index is 882. The molecule has 2 aliphatic rings. The first-order chi connectivity index (χ1) is 13.5. The summed E-state index contributed by atoms with van der Waals surface area (Å²) < 4.78 is 5.30. The molecule has 4 rings (SSSR count).